The van der Waals surface area contributed by atoms with Gasteiger partial charge in [0, 0.05) is 6.04 Å². The number of nitrogens with two attached hydrogens (primary N) is 1. The van der Waals surface area contributed by atoms with Crippen LogP contribution in [0.3, 0.4) is 0 Å². The third kappa shape index (κ3) is 3.73. The van der Waals surface area contributed by atoms with E-state index in [0.29, 0.717) is 5.56 Å². The first-order valence-corrected chi connectivity index (χ1v) is 4.91. The molecule has 5 heteroatoms. The number of hydrogen-bond acceptors (Lipinski definition) is 2. The van der Waals surface area contributed by atoms with Crippen LogP contribution in [0.5, 0.6) is 5.75 Å². The van der Waals surface area contributed by atoms with Crippen LogP contribution < -0.4 is 10.5 Å². The first-order valence-electron chi connectivity index (χ1n) is 4.91. The molecule has 0 unspecified atom stereocenters. The van der Waals surface area contributed by atoms with E-state index in [9.17, 15) is 13.2 Å². The molecule has 16 heavy (non-hydrogen) atoms. The summed E-state index contributed by atoms with van der Waals surface area (Å²) in [6.07, 6.45) is -4.67. The Morgan fingerprint density at radius 3 is 2.38 bits per heavy atom. The van der Waals surface area contributed by atoms with Gasteiger partial charge in [0.1, 0.15) is 5.75 Å². The average Bonchev–Trinajstić information content (AvgIpc) is 2.14. The summed E-state index contributed by atoms with van der Waals surface area (Å²) < 4.78 is 39.8. The van der Waals surface area contributed by atoms with E-state index >= 15 is 0 Å². The molecule has 0 fully saturated rings. The molecule has 90 valence electrons. The van der Waals surface area contributed by atoms with E-state index in [4.69, 9.17) is 5.73 Å². The minimum absolute atomic E-state index is 0.154. The molecule has 0 aliphatic heterocycles. The molecule has 0 aromatic heterocycles. The maximum Gasteiger partial charge on any atom is 0.573 e. The number of hydrogen-bond donors (Lipinski definition) is 1. The van der Waals surface area contributed by atoms with Crippen molar-refractivity contribution in [1.29, 1.82) is 0 Å². The predicted octanol–water partition coefficient (Wildman–Crippen LogP) is 3.24. The zero-order valence-electron chi connectivity index (χ0n) is 9.08. The summed E-state index contributed by atoms with van der Waals surface area (Å²) in [4.78, 5) is 0. The number of ether oxygens (including phenoxy) is 1. The zero-order valence-corrected chi connectivity index (χ0v) is 9.08. The first-order chi connectivity index (χ1) is 7.29. The highest BCUT2D eigenvalue weighted by atomic mass is 19.4. The first kappa shape index (κ1) is 12.8. The standard InChI is InChI=1S/C11H14F3NO/c1-7(2)10(15)8-4-3-5-9(6-8)16-11(12,13)14/h3-7,10H,15H2,1-2H3/t10-/m1/s1. The lowest BCUT2D eigenvalue weighted by atomic mass is 9.97. The Morgan fingerprint density at radius 2 is 1.88 bits per heavy atom. The Hall–Kier alpha value is -1.23. The number of alkyl halides is 3. The molecule has 2 N–H and O–H groups in total. The zero-order chi connectivity index (χ0) is 12.3. The van der Waals surface area contributed by atoms with Crippen LogP contribution in [-0.4, -0.2) is 6.36 Å². The second-order valence-corrected chi connectivity index (χ2v) is 3.89. The van der Waals surface area contributed by atoms with Gasteiger partial charge in [-0.1, -0.05) is 26.0 Å². The third-order valence-corrected chi connectivity index (χ3v) is 2.19. The maximum atomic E-state index is 12.0. The van der Waals surface area contributed by atoms with Crippen LogP contribution in [0, 0.1) is 5.92 Å². The van der Waals surface area contributed by atoms with Crippen molar-refractivity contribution >= 4 is 0 Å². The van der Waals surface area contributed by atoms with Crippen LogP contribution in [0.15, 0.2) is 24.3 Å². The molecule has 0 spiro atoms. The van der Waals surface area contributed by atoms with E-state index in [1.165, 1.54) is 18.2 Å². The van der Waals surface area contributed by atoms with Gasteiger partial charge in [0.25, 0.3) is 0 Å². The van der Waals surface area contributed by atoms with Crippen molar-refractivity contribution in [2.45, 2.75) is 26.3 Å². The average molecular weight is 233 g/mol. The number of rotatable bonds is 3. The van der Waals surface area contributed by atoms with Gasteiger partial charge in [-0.05, 0) is 23.6 Å². The Morgan fingerprint density at radius 1 is 1.25 bits per heavy atom. The molecule has 0 saturated carbocycles. The van der Waals surface area contributed by atoms with Gasteiger partial charge < -0.3 is 10.5 Å². The van der Waals surface area contributed by atoms with Crippen molar-refractivity contribution in [1.82, 2.24) is 0 Å². The molecule has 1 rings (SSSR count). The third-order valence-electron chi connectivity index (χ3n) is 2.19. The van der Waals surface area contributed by atoms with E-state index in [2.05, 4.69) is 4.74 Å². The molecule has 0 saturated heterocycles. The summed E-state index contributed by atoms with van der Waals surface area (Å²) >= 11 is 0. The Labute approximate surface area is 92.2 Å². The van der Waals surface area contributed by atoms with Gasteiger partial charge in [0.05, 0.1) is 0 Å². The molecule has 1 aromatic carbocycles. The molecule has 2 nitrogen and oxygen atoms in total. The fraction of sp³-hybridized carbons (Fsp3) is 0.455. The van der Waals surface area contributed by atoms with Crippen molar-refractivity contribution in [3.05, 3.63) is 29.8 Å². The van der Waals surface area contributed by atoms with Gasteiger partial charge in [0.15, 0.2) is 0 Å². The van der Waals surface area contributed by atoms with Crippen LogP contribution in [-0.2, 0) is 0 Å². The molecule has 0 amide bonds. The van der Waals surface area contributed by atoms with Gasteiger partial charge in [-0.15, -0.1) is 13.2 Å². The highest BCUT2D eigenvalue weighted by Crippen LogP contribution is 2.26. The Kier molecular flexibility index (Phi) is 3.80. The minimum atomic E-state index is -4.67. The van der Waals surface area contributed by atoms with E-state index in [-0.39, 0.29) is 17.7 Å². The molecular weight excluding hydrogens is 219 g/mol. The topological polar surface area (TPSA) is 35.2 Å². The number of benzene rings is 1. The fourth-order valence-corrected chi connectivity index (χ4v) is 1.30. The largest absolute Gasteiger partial charge is 0.573 e. The van der Waals surface area contributed by atoms with Crippen molar-refractivity contribution in [2.75, 3.05) is 0 Å². The van der Waals surface area contributed by atoms with E-state index in [1.54, 1.807) is 6.07 Å². The number of halogens is 3. The maximum absolute atomic E-state index is 12.0. The van der Waals surface area contributed by atoms with Crippen LogP contribution in [0.1, 0.15) is 25.5 Å². The molecule has 1 atom stereocenters. The summed E-state index contributed by atoms with van der Waals surface area (Å²) in [7, 11) is 0. The Balaban J connectivity index is 2.87. The summed E-state index contributed by atoms with van der Waals surface area (Å²) in [6.45, 7) is 3.81. The van der Waals surface area contributed by atoms with Gasteiger partial charge in [-0.25, -0.2) is 0 Å². The quantitative estimate of drug-likeness (QED) is 0.869. The monoisotopic (exact) mass is 233 g/mol. The van der Waals surface area contributed by atoms with Crippen molar-refractivity contribution in [3.63, 3.8) is 0 Å². The van der Waals surface area contributed by atoms with Gasteiger partial charge in [-0.3, -0.25) is 0 Å². The molecule has 0 bridgehead atoms. The van der Waals surface area contributed by atoms with Gasteiger partial charge in [0.2, 0.25) is 0 Å². The molecular formula is C11H14F3NO. The van der Waals surface area contributed by atoms with E-state index < -0.39 is 6.36 Å². The van der Waals surface area contributed by atoms with Gasteiger partial charge >= 0.3 is 6.36 Å². The lowest BCUT2D eigenvalue weighted by molar-refractivity contribution is -0.274. The SMILES string of the molecule is CC(C)[C@@H](N)c1cccc(OC(F)(F)F)c1. The normalized spacial score (nSPS) is 13.9. The molecule has 0 heterocycles. The summed E-state index contributed by atoms with van der Waals surface area (Å²) in [5, 5.41) is 0. The predicted molar refractivity (Wildman–Crippen MR) is 54.9 cm³/mol. The lowest BCUT2D eigenvalue weighted by Gasteiger charge is -2.17. The van der Waals surface area contributed by atoms with Crippen LogP contribution in [0.2, 0.25) is 0 Å². The molecule has 0 aliphatic rings. The minimum Gasteiger partial charge on any atom is -0.406 e. The second kappa shape index (κ2) is 4.74. The highest BCUT2D eigenvalue weighted by Gasteiger charge is 2.31. The van der Waals surface area contributed by atoms with Crippen molar-refractivity contribution in [2.24, 2.45) is 11.7 Å². The Bertz CT molecular complexity index is 349. The summed E-state index contributed by atoms with van der Waals surface area (Å²) in [5.74, 6) is -0.0813. The van der Waals surface area contributed by atoms with E-state index in [1.807, 2.05) is 13.8 Å². The molecule has 1 aromatic rings. The lowest BCUT2D eigenvalue weighted by Crippen LogP contribution is -2.19. The van der Waals surface area contributed by atoms with Crippen LogP contribution in [0.4, 0.5) is 13.2 Å². The highest BCUT2D eigenvalue weighted by molar-refractivity contribution is 5.30. The molecule has 0 aliphatic carbocycles. The smallest absolute Gasteiger partial charge is 0.406 e. The van der Waals surface area contributed by atoms with Crippen molar-refractivity contribution < 1.29 is 17.9 Å². The van der Waals surface area contributed by atoms with Crippen molar-refractivity contribution in [3.8, 4) is 5.75 Å². The second-order valence-electron chi connectivity index (χ2n) is 3.89. The summed E-state index contributed by atoms with van der Waals surface area (Å²) in [5.41, 5.74) is 6.47. The fourth-order valence-electron chi connectivity index (χ4n) is 1.30. The van der Waals surface area contributed by atoms with Gasteiger partial charge in [-0.2, -0.15) is 0 Å². The van der Waals surface area contributed by atoms with Crippen LogP contribution >= 0.6 is 0 Å². The molecule has 0 radical (unpaired) electrons. The van der Waals surface area contributed by atoms with E-state index in [0.717, 1.165) is 0 Å². The summed E-state index contributed by atoms with van der Waals surface area (Å²) in [6, 6.07) is 5.46. The van der Waals surface area contributed by atoms with Crippen LogP contribution in [0.25, 0.3) is 0 Å².